The first-order valence-electron chi connectivity index (χ1n) is 8.32. The summed E-state index contributed by atoms with van der Waals surface area (Å²) >= 11 is 0. The maximum absolute atomic E-state index is 12.1. The number of nitrogens with two attached hydrogens (primary N) is 1. The summed E-state index contributed by atoms with van der Waals surface area (Å²) in [5.41, 5.74) is 8.32. The molecule has 6 nitrogen and oxygen atoms in total. The Bertz CT molecular complexity index is 952. The zero-order valence-electron chi connectivity index (χ0n) is 14.5. The lowest BCUT2D eigenvalue weighted by Gasteiger charge is -2.08. The minimum atomic E-state index is -0.217. The van der Waals surface area contributed by atoms with Crippen LogP contribution in [-0.2, 0) is 9.59 Å². The molecular weight excluding hydrogens is 328 g/mol. The first kappa shape index (κ1) is 17.4. The fourth-order valence-electron chi connectivity index (χ4n) is 2.59. The number of anilines is 3. The fourth-order valence-corrected chi connectivity index (χ4v) is 2.59. The Labute approximate surface area is 151 Å². The molecule has 0 bridgehead atoms. The van der Waals surface area contributed by atoms with Gasteiger partial charge in [-0.15, -0.1) is 0 Å². The Morgan fingerprint density at radius 1 is 0.923 bits per heavy atom. The minimum absolute atomic E-state index is 0.105. The highest BCUT2D eigenvalue weighted by atomic mass is 16.2. The number of aromatic nitrogens is 1. The van der Waals surface area contributed by atoms with Crippen molar-refractivity contribution in [2.45, 2.75) is 19.8 Å². The second-order valence-corrected chi connectivity index (χ2v) is 6.09. The Kier molecular flexibility index (Phi) is 5.12. The lowest BCUT2D eigenvalue weighted by molar-refractivity contribution is -0.121. The molecule has 0 aliphatic heterocycles. The Morgan fingerprint density at radius 2 is 1.54 bits per heavy atom. The van der Waals surface area contributed by atoms with Gasteiger partial charge in [-0.25, -0.2) is 4.98 Å². The summed E-state index contributed by atoms with van der Waals surface area (Å²) in [4.78, 5) is 28.1. The molecule has 2 aromatic carbocycles. The lowest BCUT2D eigenvalue weighted by atomic mass is 10.1. The molecule has 6 heteroatoms. The van der Waals surface area contributed by atoms with Gasteiger partial charge in [0.05, 0.1) is 0 Å². The molecule has 132 valence electrons. The van der Waals surface area contributed by atoms with Gasteiger partial charge in [0.25, 0.3) is 0 Å². The number of nitrogens with zero attached hydrogens (tertiary/aromatic N) is 1. The molecule has 3 aromatic rings. The van der Waals surface area contributed by atoms with E-state index < -0.39 is 0 Å². The number of aryl methyl sites for hydroxylation is 1. The molecule has 3 rings (SSSR count). The van der Waals surface area contributed by atoms with Crippen LogP contribution < -0.4 is 16.4 Å². The number of benzene rings is 2. The van der Waals surface area contributed by atoms with E-state index >= 15 is 0 Å². The maximum Gasteiger partial charge on any atom is 0.224 e. The van der Waals surface area contributed by atoms with E-state index in [1.165, 1.54) is 0 Å². The van der Waals surface area contributed by atoms with Gasteiger partial charge in [0.2, 0.25) is 11.8 Å². The number of nitrogen functional groups attached to an aromatic ring is 1. The highest BCUT2D eigenvalue weighted by Crippen LogP contribution is 2.22. The fraction of sp³-hybridized carbons (Fsp3) is 0.150. The summed E-state index contributed by atoms with van der Waals surface area (Å²) in [6.07, 6.45) is 1.84. The van der Waals surface area contributed by atoms with Gasteiger partial charge in [-0.05, 0) is 48.7 Å². The predicted octanol–water partition coefficient (Wildman–Crippen LogP) is 3.48. The van der Waals surface area contributed by atoms with Crippen molar-refractivity contribution < 1.29 is 9.59 Å². The van der Waals surface area contributed by atoms with Gasteiger partial charge in [0, 0.05) is 35.8 Å². The topological polar surface area (TPSA) is 97.1 Å². The third-order valence-electron chi connectivity index (χ3n) is 3.99. The van der Waals surface area contributed by atoms with Crippen molar-refractivity contribution in [1.29, 1.82) is 0 Å². The van der Waals surface area contributed by atoms with E-state index in [0.717, 1.165) is 22.0 Å². The van der Waals surface area contributed by atoms with Crippen LogP contribution in [0.4, 0.5) is 17.2 Å². The monoisotopic (exact) mass is 348 g/mol. The van der Waals surface area contributed by atoms with Gasteiger partial charge < -0.3 is 16.4 Å². The summed E-state index contributed by atoms with van der Waals surface area (Å²) in [6.45, 7) is 1.98. The van der Waals surface area contributed by atoms with Crippen LogP contribution >= 0.6 is 0 Å². The maximum atomic E-state index is 12.1. The molecule has 1 aromatic heterocycles. The zero-order valence-corrected chi connectivity index (χ0v) is 14.5. The highest BCUT2D eigenvalue weighted by Gasteiger charge is 2.08. The number of rotatable bonds is 5. The van der Waals surface area contributed by atoms with Gasteiger partial charge >= 0.3 is 0 Å². The number of carbonyl (C=O) groups excluding carboxylic acids is 2. The second kappa shape index (κ2) is 7.65. The molecule has 4 N–H and O–H groups in total. The SMILES string of the molecule is Cc1ccc(NC(=O)CCC(=O)Nc2ccc3c(N)nccc3c2)cc1. The molecule has 0 aliphatic rings. The zero-order chi connectivity index (χ0) is 18.5. The Morgan fingerprint density at radius 3 is 2.23 bits per heavy atom. The summed E-state index contributed by atoms with van der Waals surface area (Å²) in [6, 6.07) is 14.8. The summed E-state index contributed by atoms with van der Waals surface area (Å²) < 4.78 is 0. The number of hydrogen-bond donors (Lipinski definition) is 3. The molecule has 0 spiro atoms. The third-order valence-corrected chi connectivity index (χ3v) is 3.99. The summed E-state index contributed by atoms with van der Waals surface area (Å²) in [5.74, 6) is 0.0416. The van der Waals surface area contributed by atoms with Crippen molar-refractivity contribution >= 4 is 39.8 Å². The number of carbonyl (C=O) groups is 2. The second-order valence-electron chi connectivity index (χ2n) is 6.09. The molecule has 0 aliphatic carbocycles. The molecule has 0 saturated carbocycles. The molecule has 26 heavy (non-hydrogen) atoms. The summed E-state index contributed by atoms with van der Waals surface area (Å²) in [5, 5.41) is 7.31. The van der Waals surface area contributed by atoms with E-state index in [1.807, 2.05) is 49.4 Å². The van der Waals surface area contributed by atoms with Crippen LogP contribution in [0, 0.1) is 6.92 Å². The van der Waals surface area contributed by atoms with E-state index in [0.29, 0.717) is 11.5 Å². The first-order valence-corrected chi connectivity index (χ1v) is 8.32. The average molecular weight is 348 g/mol. The first-order chi connectivity index (χ1) is 12.5. The van der Waals surface area contributed by atoms with Crippen LogP contribution in [0.1, 0.15) is 18.4 Å². The van der Waals surface area contributed by atoms with Crippen molar-refractivity contribution in [2.24, 2.45) is 0 Å². The normalized spacial score (nSPS) is 10.5. The van der Waals surface area contributed by atoms with E-state index in [1.54, 1.807) is 12.3 Å². The number of amides is 2. The van der Waals surface area contributed by atoms with E-state index in [9.17, 15) is 9.59 Å². The van der Waals surface area contributed by atoms with Crippen molar-refractivity contribution in [1.82, 2.24) is 4.98 Å². The molecule has 0 atom stereocenters. The van der Waals surface area contributed by atoms with Crippen LogP contribution in [0.5, 0.6) is 0 Å². The number of pyridine rings is 1. The smallest absolute Gasteiger partial charge is 0.224 e. The lowest BCUT2D eigenvalue weighted by Crippen LogP contribution is -2.17. The third kappa shape index (κ3) is 4.36. The molecule has 0 radical (unpaired) electrons. The standard InChI is InChI=1S/C20H20N4O2/c1-13-2-4-15(5-3-13)23-18(25)8-9-19(26)24-16-6-7-17-14(12-16)10-11-22-20(17)21/h2-7,10-12H,8-9H2,1H3,(H2,21,22)(H,23,25)(H,24,26). The summed E-state index contributed by atoms with van der Waals surface area (Å²) in [7, 11) is 0. The van der Waals surface area contributed by atoms with Gasteiger partial charge in [-0.3, -0.25) is 9.59 Å². The molecule has 0 unspecified atom stereocenters. The number of nitrogens with one attached hydrogen (secondary N) is 2. The molecule has 2 amide bonds. The quantitative estimate of drug-likeness (QED) is 0.657. The molecular formula is C20H20N4O2. The van der Waals surface area contributed by atoms with E-state index in [4.69, 9.17) is 5.73 Å². The van der Waals surface area contributed by atoms with Crippen molar-refractivity contribution in [3.8, 4) is 0 Å². The van der Waals surface area contributed by atoms with E-state index in [2.05, 4.69) is 15.6 Å². The van der Waals surface area contributed by atoms with E-state index in [-0.39, 0.29) is 24.7 Å². The number of fused-ring (bicyclic) bond motifs is 1. The predicted molar refractivity (Wildman–Crippen MR) is 104 cm³/mol. The molecule has 0 saturated heterocycles. The average Bonchev–Trinajstić information content (AvgIpc) is 2.62. The highest BCUT2D eigenvalue weighted by molar-refractivity contribution is 5.99. The van der Waals surface area contributed by atoms with Crippen LogP contribution in [0.2, 0.25) is 0 Å². The van der Waals surface area contributed by atoms with Crippen LogP contribution in [0.25, 0.3) is 10.8 Å². The molecule has 0 fully saturated rings. The van der Waals surface area contributed by atoms with Gasteiger partial charge in [-0.1, -0.05) is 17.7 Å². The largest absolute Gasteiger partial charge is 0.383 e. The van der Waals surface area contributed by atoms with Gasteiger partial charge in [0.15, 0.2) is 0 Å². The van der Waals surface area contributed by atoms with Gasteiger partial charge in [0.1, 0.15) is 5.82 Å². The Balaban J connectivity index is 1.54. The number of hydrogen-bond acceptors (Lipinski definition) is 4. The van der Waals surface area contributed by atoms with Crippen molar-refractivity contribution in [3.63, 3.8) is 0 Å². The van der Waals surface area contributed by atoms with Crippen molar-refractivity contribution in [2.75, 3.05) is 16.4 Å². The van der Waals surface area contributed by atoms with Crippen molar-refractivity contribution in [3.05, 3.63) is 60.3 Å². The van der Waals surface area contributed by atoms with Gasteiger partial charge in [-0.2, -0.15) is 0 Å². The van der Waals surface area contributed by atoms with Crippen LogP contribution in [-0.4, -0.2) is 16.8 Å². The minimum Gasteiger partial charge on any atom is -0.383 e. The van der Waals surface area contributed by atoms with Crippen LogP contribution in [0.3, 0.4) is 0 Å². The Hall–Kier alpha value is -3.41. The molecule has 1 heterocycles. The van der Waals surface area contributed by atoms with Crippen LogP contribution in [0.15, 0.2) is 54.7 Å².